The van der Waals surface area contributed by atoms with Gasteiger partial charge in [0.2, 0.25) is 0 Å². The first-order chi connectivity index (χ1) is 10.8. The van der Waals surface area contributed by atoms with Crippen LogP contribution in [0.3, 0.4) is 0 Å². The maximum absolute atomic E-state index is 2.50. The van der Waals surface area contributed by atoms with Crippen LogP contribution in [-0.4, -0.2) is 0 Å². The summed E-state index contributed by atoms with van der Waals surface area (Å²) in [5, 5.41) is 0. The molecule has 0 aromatic heterocycles. The smallest absolute Gasteiger partial charge is 0.00956 e. The first-order valence-corrected chi connectivity index (χ1v) is 9.55. The lowest BCUT2D eigenvalue weighted by atomic mass is 9.78. The normalized spacial score (nSPS) is 38.5. The lowest BCUT2D eigenvalue weighted by Gasteiger charge is -2.26. The second-order valence-electron chi connectivity index (χ2n) is 7.61. The Morgan fingerprint density at radius 1 is 0.682 bits per heavy atom. The number of rotatable bonds is 2. The molecular weight excluding hydrogens is 264 g/mol. The minimum absolute atomic E-state index is 0.766. The molecule has 120 valence electrons. The van der Waals surface area contributed by atoms with Crippen molar-refractivity contribution < 1.29 is 0 Å². The summed E-state index contributed by atoms with van der Waals surface area (Å²) in [7, 11) is 0. The molecule has 4 aliphatic carbocycles. The molecule has 0 aromatic carbocycles. The third kappa shape index (κ3) is 3.16. The van der Waals surface area contributed by atoms with Gasteiger partial charge in [0.1, 0.15) is 0 Å². The Labute approximate surface area is 137 Å². The predicted octanol–water partition coefficient (Wildman–Crippen LogP) is 6.33. The van der Waals surface area contributed by atoms with E-state index < -0.39 is 0 Å². The van der Waals surface area contributed by atoms with Crippen molar-refractivity contribution >= 4 is 0 Å². The SMILES string of the molecule is C1=CC2C3C=CC=CC3C(CC3CCCC3)C2C=C1.CCC. The van der Waals surface area contributed by atoms with Crippen LogP contribution in [0.15, 0.2) is 48.6 Å². The zero-order chi connectivity index (χ0) is 15.4. The van der Waals surface area contributed by atoms with Crippen LogP contribution in [0.1, 0.15) is 52.4 Å². The molecule has 0 radical (unpaired) electrons. The maximum Gasteiger partial charge on any atom is -0.00956 e. The molecule has 4 rings (SSSR count). The van der Waals surface area contributed by atoms with Crippen LogP contribution in [0.2, 0.25) is 0 Å². The lowest BCUT2D eigenvalue weighted by molar-refractivity contribution is 0.291. The Morgan fingerprint density at radius 2 is 1.09 bits per heavy atom. The molecule has 0 heterocycles. The summed E-state index contributed by atoms with van der Waals surface area (Å²) >= 11 is 0. The number of fused-ring (bicyclic) bond motifs is 3. The highest BCUT2D eigenvalue weighted by atomic mass is 14.5. The molecule has 0 nitrogen and oxygen atoms in total. The standard InChI is InChI=1S/C19H24.C3H8/c1-2-8-14(7-1)13-19-17-11-5-3-9-15(17)16-10-4-6-12-18(16)19;1-3-2/h3-6,9-12,14-19H,1-2,7-8,13H2;3H2,1-2H3. The van der Waals surface area contributed by atoms with E-state index in [2.05, 4.69) is 62.5 Å². The van der Waals surface area contributed by atoms with E-state index in [1.54, 1.807) is 0 Å². The zero-order valence-electron chi connectivity index (χ0n) is 14.3. The first-order valence-electron chi connectivity index (χ1n) is 9.55. The fourth-order valence-electron chi connectivity index (χ4n) is 5.11. The number of hydrogen-bond donors (Lipinski definition) is 0. The van der Waals surface area contributed by atoms with Crippen LogP contribution in [0.5, 0.6) is 0 Å². The van der Waals surface area contributed by atoms with Crippen molar-refractivity contribution in [2.45, 2.75) is 52.4 Å². The molecule has 0 heteroatoms. The summed E-state index contributed by atoms with van der Waals surface area (Å²) in [6, 6.07) is 0. The minimum atomic E-state index is 0.766. The molecule has 0 aliphatic heterocycles. The average molecular weight is 296 g/mol. The summed E-state index contributed by atoms with van der Waals surface area (Å²) in [5.74, 6) is 5.04. The van der Waals surface area contributed by atoms with Crippen molar-refractivity contribution in [3.8, 4) is 0 Å². The van der Waals surface area contributed by atoms with Gasteiger partial charge >= 0.3 is 0 Å². The molecule has 0 bridgehead atoms. The van der Waals surface area contributed by atoms with Crippen molar-refractivity contribution in [3.63, 3.8) is 0 Å². The van der Waals surface area contributed by atoms with Gasteiger partial charge in [0.05, 0.1) is 0 Å². The van der Waals surface area contributed by atoms with Gasteiger partial charge in [-0.25, -0.2) is 0 Å². The molecule has 4 atom stereocenters. The fourth-order valence-corrected chi connectivity index (χ4v) is 5.11. The minimum Gasteiger partial charge on any atom is -0.0805 e. The van der Waals surface area contributed by atoms with Gasteiger partial charge in [0, 0.05) is 0 Å². The Bertz CT molecular complexity index is 424. The van der Waals surface area contributed by atoms with E-state index in [0.29, 0.717) is 0 Å². The highest BCUT2D eigenvalue weighted by Crippen LogP contribution is 2.53. The molecule has 0 amide bonds. The van der Waals surface area contributed by atoms with E-state index in [1.807, 2.05) is 0 Å². The fraction of sp³-hybridized carbons (Fsp3) is 0.636. The maximum atomic E-state index is 2.50. The molecule has 2 fully saturated rings. The quantitative estimate of drug-likeness (QED) is 0.558. The van der Waals surface area contributed by atoms with Crippen LogP contribution in [0.4, 0.5) is 0 Å². The molecule has 0 spiro atoms. The number of hydrogen-bond acceptors (Lipinski definition) is 0. The summed E-state index contributed by atoms with van der Waals surface area (Å²) in [6.07, 6.45) is 27.7. The Hall–Kier alpha value is -1.04. The highest BCUT2D eigenvalue weighted by Gasteiger charge is 2.47. The molecule has 2 saturated carbocycles. The van der Waals surface area contributed by atoms with Gasteiger partial charge in [-0.05, 0) is 41.9 Å². The molecule has 0 saturated heterocycles. The van der Waals surface area contributed by atoms with Gasteiger partial charge in [0.15, 0.2) is 0 Å². The monoisotopic (exact) mass is 296 g/mol. The summed E-state index contributed by atoms with van der Waals surface area (Å²) in [4.78, 5) is 0. The van der Waals surface area contributed by atoms with Gasteiger partial charge in [-0.2, -0.15) is 0 Å². The summed E-state index contributed by atoms with van der Waals surface area (Å²) in [5.41, 5.74) is 0. The van der Waals surface area contributed by atoms with Crippen molar-refractivity contribution in [2.75, 3.05) is 0 Å². The zero-order valence-corrected chi connectivity index (χ0v) is 14.3. The highest BCUT2D eigenvalue weighted by molar-refractivity contribution is 5.28. The predicted molar refractivity (Wildman–Crippen MR) is 96.6 cm³/mol. The van der Waals surface area contributed by atoms with Crippen LogP contribution < -0.4 is 0 Å². The van der Waals surface area contributed by atoms with Crippen LogP contribution in [0, 0.1) is 35.5 Å². The molecule has 0 aromatic rings. The summed E-state index contributed by atoms with van der Waals surface area (Å²) in [6.45, 7) is 4.25. The molecule has 22 heavy (non-hydrogen) atoms. The lowest BCUT2D eigenvalue weighted by Crippen LogP contribution is -2.19. The van der Waals surface area contributed by atoms with Crippen LogP contribution in [0.25, 0.3) is 0 Å². The van der Waals surface area contributed by atoms with E-state index in [-0.39, 0.29) is 0 Å². The first kappa shape index (κ1) is 15.8. The van der Waals surface area contributed by atoms with E-state index in [0.717, 1.165) is 35.5 Å². The van der Waals surface area contributed by atoms with Gasteiger partial charge in [-0.1, -0.05) is 94.6 Å². The van der Waals surface area contributed by atoms with Gasteiger partial charge in [-0.15, -0.1) is 0 Å². The van der Waals surface area contributed by atoms with E-state index in [9.17, 15) is 0 Å². The van der Waals surface area contributed by atoms with Crippen LogP contribution >= 0.6 is 0 Å². The van der Waals surface area contributed by atoms with Crippen molar-refractivity contribution in [1.82, 2.24) is 0 Å². The van der Waals surface area contributed by atoms with Crippen molar-refractivity contribution in [1.29, 1.82) is 0 Å². The molecule has 4 aliphatic rings. The Balaban J connectivity index is 0.000000446. The van der Waals surface area contributed by atoms with Gasteiger partial charge in [-0.3, -0.25) is 0 Å². The topological polar surface area (TPSA) is 0 Å². The van der Waals surface area contributed by atoms with E-state index in [4.69, 9.17) is 0 Å². The second-order valence-corrected chi connectivity index (χ2v) is 7.61. The molecular formula is C22H32. The third-order valence-electron chi connectivity index (χ3n) is 5.96. The van der Waals surface area contributed by atoms with Gasteiger partial charge < -0.3 is 0 Å². The summed E-state index contributed by atoms with van der Waals surface area (Å²) < 4.78 is 0. The third-order valence-corrected chi connectivity index (χ3v) is 5.96. The average Bonchev–Trinajstić information content (AvgIpc) is 3.16. The van der Waals surface area contributed by atoms with Gasteiger partial charge in [0.25, 0.3) is 0 Å². The van der Waals surface area contributed by atoms with Crippen LogP contribution in [-0.2, 0) is 0 Å². The second kappa shape index (κ2) is 7.49. The van der Waals surface area contributed by atoms with Crippen molar-refractivity contribution in [2.24, 2.45) is 35.5 Å². The Kier molecular flexibility index (Phi) is 5.39. The van der Waals surface area contributed by atoms with E-state index >= 15 is 0 Å². The number of allylic oxidation sites excluding steroid dienone is 8. The Morgan fingerprint density at radius 3 is 1.55 bits per heavy atom. The molecule has 0 N–H and O–H groups in total. The van der Waals surface area contributed by atoms with E-state index in [1.165, 1.54) is 38.5 Å². The largest absolute Gasteiger partial charge is 0.0805 e. The molecule has 4 unspecified atom stereocenters. The van der Waals surface area contributed by atoms with Crippen molar-refractivity contribution in [3.05, 3.63) is 48.6 Å².